The van der Waals surface area contributed by atoms with E-state index in [-0.39, 0.29) is 18.0 Å². The molecule has 0 radical (unpaired) electrons. The van der Waals surface area contributed by atoms with Gasteiger partial charge >= 0.3 is 0 Å². The van der Waals surface area contributed by atoms with Gasteiger partial charge in [-0.3, -0.25) is 9.59 Å². The molecule has 2 heterocycles. The number of hydrogen-bond donors (Lipinski definition) is 1. The van der Waals surface area contributed by atoms with Crippen LogP contribution in [0, 0.1) is 0 Å². The van der Waals surface area contributed by atoms with Gasteiger partial charge in [0, 0.05) is 11.3 Å². The van der Waals surface area contributed by atoms with Crippen molar-refractivity contribution in [3.8, 4) is 11.3 Å². The molecule has 164 valence electrons. The van der Waals surface area contributed by atoms with E-state index in [1.165, 1.54) is 16.4 Å². The minimum atomic E-state index is -0.373. The molecule has 5 aromatic rings. The van der Waals surface area contributed by atoms with Gasteiger partial charge in [0.15, 0.2) is 0 Å². The third kappa shape index (κ3) is 4.01. The summed E-state index contributed by atoms with van der Waals surface area (Å²) in [7, 11) is 0. The summed E-state index contributed by atoms with van der Waals surface area (Å²) in [5, 5.41) is 13.7. The number of anilines is 1. The zero-order valence-electron chi connectivity index (χ0n) is 18.4. The second-order valence-corrected chi connectivity index (χ2v) is 8.30. The lowest BCUT2D eigenvalue weighted by Crippen LogP contribution is -2.30. The summed E-state index contributed by atoms with van der Waals surface area (Å²) in [6.07, 6.45) is 1.45. The molecule has 0 fully saturated rings. The molecule has 7 nitrogen and oxygen atoms in total. The molecule has 1 N–H and O–H groups in total. The Bertz CT molecular complexity index is 1530. The summed E-state index contributed by atoms with van der Waals surface area (Å²) in [6, 6.07) is 23.5. The minimum Gasteiger partial charge on any atom is -0.324 e. The Morgan fingerprint density at radius 2 is 1.76 bits per heavy atom. The largest absolute Gasteiger partial charge is 0.324 e. The van der Waals surface area contributed by atoms with E-state index in [9.17, 15) is 9.59 Å². The summed E-state index contributed by atoms with van der Waals surface area (Å²) in [6.45, 7) is 4.05. The van der Waals surface area contributed by atoms with Gasteiger partial charge in [-0.15, -0.1) is 0 Å². The van der Waals surface area contributed by atoms with Crippen LogP contribution in [-0.4, -0.2) is 25.3 Å². The highest BCUT2D eigenvalue weighted by Gasteiger charge is 2.14. The zero-order chi connectivity index (χ0) is 22.9. The van der Waals surface area contributed by atoms with E-state index < -0.39 is 0 Å². The van der Waals surface area contributed by atoms with Crippen LogP contribution in [-0.2, 0) is 11.3 Å². The van der Waals surface area contributed by atoms with Crippen molar-refractivity contribution in [2.45, 2.75) is 26.3 Å². The Morgan fingerprint density at radius 1 is 1.00 bits per heavy atom. The molecule has 0 spiro atoms. The quantitative estimate of drug-likeness (QED) is 0.440. The van der Waals surface area contributed by atoms with Crippen molar-refractivity contribution in [3.63, 3.8) is 0 Å². The highest BCUT2D eigenvalue weighted by molar-refractivity contribution is 5.96. The van der Waals surface area contributed by atoms with Crippen molar-refractivity contribution in [3.05, 3.63) is 95.0 Å². The zero-order valence-corrected chi connectivity index (χ0v) is 18.4. The second kappa shape index (κ2) is 8.35. The number of fused-ring (bicyclic) bond motifs is 2. The molecular weight excluding hydrogens is 414 g/mol. The van der Waals surface area contributed by atoms with Crippen molar-refractivity contribution < 1.29 is 4.79 Å². The molecule has 0 bridgehead atoms. The van der Waals surface area contributed by atoms with Gasteiger partial charge in [0.25, 0.3) is 5.56 Å². The molecule has 0 aliphatic carbocycles. The normalized spacial score (nSPS) is 11.4. The topological polar surface area (TPSA) is 81.3 Å². The standard InChI is InChI=1S/C26H23N5O2/c1-17(2)18-10-12-20(13-11-18)28-25(32)15-30-26(33)24-14-23(29-31(24)16-27-30)22-9-5-7-19-6-3-4-8-21(19)22/h3-14,16-17H,15H2,1-2H3,(H,28,32). The van der Waals surface area contributed by atoms with Crippen molar-refractivity contribution >= 4 is 27.9 Å². The van der Waals surface area contributed by atoms with Gasteiger partial charge in [0.2, 0.25) is 5.91 Å². The Morgan fingerprint density at radius 3 is 2.55 bits per heavy atom. The van der Waals surface area contributed by atoms with Crippen LogP contribution in [0.5, 0.6) is 0 Å². The van der Waals surface area contributed by atoms with Crippen LogP contribution in [0.15, 0.2) is 83.9 Å². The number of hydrogen-bond acceptors (Lipinski definition) is 4. The van der Waals surface area contributed by atoms with E-state index in [0.717, 1.165) is 21.0 Å². The Balaban J connectivity index is 1.42. The smallest absolute Gasteiger partial charge is 0.293 e. The first-order chi connectivity index (χ1) is 16.0. The lowest BCUT2D eigenvalue weighted by molar-refractivity contribution is -0.117. The Kier molecular flexibility index (Phi) is 5.22. The molecule has 1 amide bonds. The number of amides is 1. The molecule has 0 unspecified atom stereocenters. The Hall–Kier alpha value is -4.26. The van der Waals surface area contributed by atoms with Gasteiger partial charge in [0.1, 0.15) is 18.4 Å². The number of aromatic nitrogens is 4. The molecule has 2 aromatic heterocycles. The van der Waals surface area contributed by atoms with Crippen molar-refractivity contribution in [1.29, 1.82) is 0 Å². The SMILES string of the molecule is CC(C)c1ccc(NC(=O)Cn2ncn3nc(-c4cccc5ccccc45)cc3c2=O)cc1. The molecule has 0 saturated heterocycles. The predicted molar refractivity (Wildman–Crippen MR) is 129 cm³/mol. The Labute approximate surface area is 190 Å². The highest BCUT2D eigenvalue weighted by atomic mass is 16.2. The van der Waals surface area contributed by atoms with Crippen LogP contribution in [0.4, 0.5) is 5.69 Å². The third-order valence-corrected chi connectivity index (χ3v) is 5.71. The van der Waals surface area contributed by atoms with Crippen LogP contribution >= 0.6 is 0 Å². The third-order valence-electron chi connectivity index (χ3n) is 5.71. The van der Waals surface area contributed by atoms with E-state index in [4.69, 9.17) is 0 Å². The number of carbonyl (C=O) groups excluding carboxylic acids is 1. The highest BCUT2D eigenvalue weighted by Crippen LogP contribution is 2.27. The number of nitrogens with zero attached hydrogens (tertiary/aromatic N) is 4. The van der Waals surface area contributed by atoms with E-state index in [1.54, 1.807) is 6.07 Å². The average Bonchev–Trinajstić information content (AvgIpc) is 3.26. The number of nitrogens with one attached hydrogen (secondary N) is 1. The second-order valence-electron chi connectivity index (χ2n) is 8.30. The molecule has 3 aromatic carbocycles. The predicted octanol–water partition coefficient (Wildman–Crippen LogP) is 4.47. The molecule has 0 aliphatic rings. The van der Waals surface area contributed by atoms with Gasteiger partial charge in [-0.1, -0.05) is 68.4 Å². The number of rotatable bonds is 5. The molecule has 0 aliphatic heterocycles. The van der Waals surface area contributed by atoms with Gasteiger partial charge in [0.05, 0.1) is 5.69 Å². The van der Waals surface area contributed by atoms with E-state index >= 15 is 0 Å². The molecule has 33 heavy (non-hydrogen) atoms. The van der Waals surface area contributed by atoms with Crippen molar-refractivity contribution in [2.75, 3.05) is 5.32 Å². The first-order valence-corrected chi connectivity index (χ1v) is 10.8. The van der Waals surface area contributed by atoms with Crippen LogP contribution < -0.4 is 10.9 Å². The van der Waals surface area contributed by atoms with E-state index in [0.29, 0.717) is 22.8 Å². The molecule has 0 atom stereocenters. The minimum absolute atomic E-state index is 0.184. The molecule has 0 saturated carbocycles. The van der Waals surface area contributed by atoms with Crippen LogP contribution in [0.1, 0.15) is 25.3 Å². The molecule has 7 heteroatoms. The number of benzene rings is 3. The summed E-state index contributed by atoms with van der Waals surface area (Å²) in [5.74, 6) is 0.0960. The fourth-order valence-corrected chi connectivity index (χ4v) is 3.92. The lowest BCUT2D eigenvalue weighted by Gasteiger charge is -2.09. The maximum absolute atomic E-state index is 13.0. The monoisotopic (exact) mass is 437 g/mol. The fraction of sp³-hybridized carbons (Fsp3) is 0.154. The van der Waals surface area contributed by atoms with Crippen LogP contribution in [0.3, 0.4) is 0 Å². The van der Waals surface area contributed by atoms with Crippen LogP contribution in [0.25, 0.3) is 27.5 Å². The van der Waals surface area contributed by atoms with Gasteiger partial charge < -0.3 is 5.32 Å². The van der Waals surface area contributed by atoms with Crippen molar-refractivity contribution in [1.82, 2.24) is 19.4 Å². The van der Waals surface area contributed by atoms with Gasteiger partial charge in [-0.2, -0.15) is 10.2 Å². The van der Waals surface area contributed by atoms with E-state index in [2.05, 4.69) is 29.4 Å². The summed E-state index contributed by atoms with van der Waals surface area (Å²) in [4.78, 5) is 25.5. The van der Waals surface area contributed by atoms with Gasteiger partial charge in [-0.25, -0.2) is 9.20 Å². The van der Waals surface area contributed by atoms with Crippen molar-refractivity contribution in [2.24, 2.45) is 0 Å². The van der Waals surface area contributed by atoms with E-state index in [1.807, 2.05) is 66.7 Å². The van der Waals surface area contributed by atoms with Gasteiger partial charge in [-0.05, 0) is 40.5 Å². The first kappa shape index (κ1) is 20.6. The molecular formula is C26H23N5O2. The summed E-state index contributed by atoms with van der Waals surface area (Å²) >= 11 is 0. The lowest BCUT2D eigenvalue weighted by atomic mass is 10.0. The summed E-state index contributed by atoms with van der Waals surface area (Å²) in [5.41, 5.74) is 3.48. The molecule has 5 rings (SSSR count). The fourth-order valence-electron chi connectivity index (χ4n) is 3.92. The maximum atomic E-state index is 13.0. The average molecular weight is 438 g/mol. The number of carbonyl (C=O) groups is 1. The first-order valence-electron chi connectivity index (χ1n) is 10.8. The summed E-state index contributed by atoms with van der Waals surface area (Å²) < 4.78 is 2.61. The maximum Gasteiger partial charge on any atom is 0.293 e. The van der Waals surface area contributed by atoms with Crippen LogP contribution in [0.2, 0.25) is 0 Å².